The Morgan fingerprint density at radius 3 is 2.48 bits per heavy atom. The lowest BCUT2D eigenvalue weighted by Gasteiger charge is -2.32. The van der Waals surface area contributed by atoms with Crippen molar-refractivity contribution >= 4 is 17.5 Å². The highest BCUT2D eigenvalue weighted by Crippen LogP contribution is 2.34. The number of nitrogens with one attached hydrogen (secondary N) is 2. The van der Waals surface area contributed by atoms with Gasteiger partial charge in [-0.3, -0.25) is 9.69 Å². The molecule has 48 heavy (non-hydrogen) atoms. The lowest BCUT2D eigenvalue weighted by atomic mass is 9.80. The van der Waals surface area contributed by atoms with Gasteiger partial charge in [0.15, 0.2) is 0 Å². The molecule has 0 radical (unpaired) electrons. The number of rotatable bonds is 12. The van der Waals surface area contributed by atoms with E-state index in [0.717, 1.165) is 49.1 Å². The van der Waals surface area contributed by atoms with Crippen LogP contribution in [0.15, 0.2) is 72.8 Å². The fourth-order valence-corrected chi connectivity index (χ4v) is 7.03. The fraction of sp³-hybridized carbons (Fsp3) is 0.500. The van der Waals surface area contributed by atoms with E-state index in [4.69, 9.17) is 14.2 Å². The van der Waals surface area contributed by atoms with Crippen LogP contribution in [0.2, 0.25) is 0 Å². The molecule has 8 nitrogen and oxygen atoms in total. The molecule has 1 aliphatic heterocycles. The van der Waals surface area contributed by atoms with Gasteiger partial charge in [0, 0.05) is 42.7 Å². The van der Waals surface area contributed by atoms with Crippen LogP contribution < -0.4 is 20.1 Å². The maximum Gasteiger partial charge on any atom is 0.319 e. The van der Waals surface area contributed by atoms with E-state index in [-0.39, 0.29) is 48.1 Å². The molecule has 1 aliphatic carbocycles. The smallest absolute Gasteiger partial charge is 0.319 e. The van der Waals surface area contributed by atoms with Crippen LogP contribution in [-0.2, 0) is 29.1 Å². The first-order chi connectivity index (χ1) is 23.3. The quantitative estimate of drug-likeness (QED) is 0.208. The largest absolute Gasteiger partial charge is 0.497 e. The van der Waals surface area contributed by atoms with Crippen molar-refractivity contribution in [1.29, 1.82) is 0 Å². The zero-order valence-electron chi connectivity index (χ0n) is 29.1. The van der Waals surface area contributed by atoms with E-state index in [1.165, 1.54) is 12.0 Å². The average molecular weight is 656 g/mol. The highest BCUT2D eigenvalue weighted by molar-refractivity contribution is 5.90. The molecule has 0 saturated heterocycles. The first kappa shape index (κ1) is 35.4. The van der Waals surface area contributed by atoms with Crippen LogP contribution in [0.4, 0.5) is 10.5 Å². The van der Waals surface area contributed by atoms with Crippen LogP contribution in [0.25, 0.3) is 0 Å². The van der Waals surface area contributed by atoms with Gasteiger partial charge in [0.05, 0.1) is 20.3 Å². The maximum absolute atomic E-state index is 14.1. The normalized spacial score (nSPS) is 20.9. The number of amides is 2. The number of carbonyl (C=O) groups excluding carboxylic acids is 2. The Hall–Kier alpha value is -3.88. The second kappa shape index (κ2) is 17.5. The van der Waals surface area contributed by atoms with E-state index in [2.05, 4.69) is 60.7 Å². The maximum atomic E-state index is 14.1. The molecule has 0 bridgehead atoms. The molecule has 0 aromatic heterocycles. The van der Waals surface area contributed by atoms with Crippen molar-refractivity contribution in [2.24, 2.45) is 17.8 Å². The van der Waals surface area contributed by atoms with E-state index in [1.807, 2.05) is 48.5 Å². The number of nitrogens with zero attached hydrogens (tertiary/aromatic N) is 1. The highest BCUT2D eigenvalue weighted by atomic mass is 16.5. The van der Waals surface area contributed by atoms with Crippen LogP contribution in [0.1, 0.15) is 69.1 Å². The van der Waals surface area contributed by atoms with Crippen molar-refractivity contribution < 1.29 is 23.8 Å². The zero-order valence-corrected chi connectivity index (χ0v) is 29.1. The van der Waals surface area contributed by atoms with Gasteiger partial charge in [-0.15, -0.1) is 0 Å². The van der Waals surface area contributed by atoms with Crippen LogP contribution in [-0.4, -0.2) is 56.2 Å². The fourth-order valence-electron chi connectivity index (χ4n) is 7.03. The van der Waals surface area contributed by atoms with Crippen LogP contribution in [0.5, 0.6) is 11.5 Å². The third-order valence-corrected chi connectivity index (χ3v) is 9.86. The molecule has 5 rings (SSSR count). The van der Waals surface area contributed by atoms with Crippen molar-refractivity contribution in [2.45, 2.75) is 84.1 Å². The number of carbonyl (C=O) groups is 2. The summed E-state index contributed by atoms with van der Waals surface area (Å²) in [5.41, 5.74) is 3.77. The third-order valence-electron chi connectivity index (χ3n) is 9.86. The van der Waals surface area contributed by atoms with Crippen molar-refractivity contribution in [3.05, 3.63) is 89.5 Å². The standard InChI is InChI=1S/C40H53N3O5/c1-28-21-36(29(2)26-47-27-31-15-18-35(46-4)19-16-31)37(44)23-32-22-34(42-40(45)41-33-13-9-6-10-14-33)17-20-38(32)48-39(28)25-43(3)24-30-11-7-5-8-12-30/h5,7-8,11-12,15-20,22,28-29,33,36,39H,6,9-10,13-14,21,23-27H2,1-4H3,(H2,41,42,45)/t28-,29+,36?,39+/m1/s1. The summed E-state index contributed by atoms with van der Waals surface area (Å²) >= 11 is 0. The Morgan fingerprint density at radius 2 is 1.75 bits per heavy atom. The number of hydrogen-bond acceptors (Lipinski definition) is 6. The van der Waals surface area contributed by atoms with Crippen LogP contribution >= 0.6 is 0 Å². The van der Waals surface area contributed by atoms with E-state index < -0.39 is 0 Å². The summed E-state index contributed by atoms with van der Waals surface area (Å²) in [4.78, 5) is 29.3. The Balaban J connectivity index is 1.32. The van der Waals surface area contributed by atoms with Crippen LogP contribution in [0, 0.1) is 17.8 Å². The molecule has 4 atom stereocenters. The van der Waals surface area contributed by atoms with Gasteiger partial charge in [0.2, 0.25) is 0 Å². The van der Waals surface area contributed by atoms with Crippen LogP contribution in [0.3, 0.4) is 0 Å². The zero-order chi connectivity index (χ0) is 33.9. The molecule has 258 valence electrons. The minimum atomic E-state index is -0.202. The summed E-state index contributed by atoms with van der Waals surface area (Å²) in [5.74, 6) is 1.63. The van der Waals surface area contributed by atoms with E-state index in [0.29, 0.717) is 37.6 Å². The van der Waals surface area contributed by atoms with Crippen molar-refractivity contribution in [2.75, 3.05) is 32.6 Å². The lowest BCUT2D eigenvalue weighted by Crippen LogP contribution is -2.39. The predicted octanol–water partition coefficient (Wildman–Crippen LogP) is 7.65. The van der Waals surface area contributed by atoms with Crippen molar-refractivity contribution in [3.63, 3.8) is 0 Å². The summed E-state index contributed by atoms with van der Waals surface area (Å²) in [6, 6.07) is 24.0. The number of ketones is 1. The molecular formula is C40H53N3O5. The first-order valence-corrected chi connectivity index (χ1v) is 17.6. The highest BCUT2D eigenvalue weighted by Gasteiger charge is 2.34. The molecular weight excluding hydrogens is 602 g/mol. The summed E-state index contributed by atoms with van der Waals surface area (Å²) in [7, 11) is 3.77. The molecule has 2 aliphatic rings. The molecule has 3 aromatic carbocycles. The minimum Gasteiger partial charge on any atom is -0.497 e. The van der Waals surface area contributed by atoms with E-state index >= 15 is 0 Å². The van der Waals surface area contributed by atoms with Gasteiger partial charge in [-0.25, -0.2) is 4.79 Å². The topological polar surface area (TPSA) is 89.1 Å². The van der Waals surface area contributed by atoms with Gasteiger partial charge >= 0.3 is 6.03 Å². The Bertz CT molecular complexity index is 1460. The second-order valence-electron chi connectivity index (χ2n) is 13.9. The van der Waals surface area contributed by atoms with Gasteiger partial charge in [0.1, 0.15) is 23.4 Å². The molecule has 3 aromatic rings. The number of urea groups is 1. The monoisotopic (exact) mass is 655 g/mol. The summed E-state index contributed by atoms with van der Waals surface area (Å²) < 4.78 is 18.2. The van der Waals surface area contributed by atoms with Gasteiger partial charge in [0.25, 0.3) is 0 Å². The molecule has 1 unspecified atom stereocenters. The lowest BCUT2D eigenvalue weighted by molar-refractivity contribution is -0.125. The number of fused-ring (bicyclic) bond motifs is 1. The SMILES string of the molecule is COc1ccc(COC[C@H](C)C2C[C@@H](C)[C@H](CN(C)Cc3ccccc3)Oc3ccc(NC(=O)NC4CCCCC4)cc3CC2=O)cc1. The van der Waals surface area contributed by atoms with Gasteiger partial charge in [-0.05, 0) is 79.6 Å². The number of benzene rings is 3. The Kier molecular flexibility index (Phi) is 12.9. The van der Waals surface area contributed by atoms with Crippen molar-refractivity contribution in [1.82, 2.24) is 10.2 Å². The third kappa shape index (κ3) is 10.3. The Labute approximate surface area is 286 Å². The Morgan fingerprint density at radius 1 is 1.00 bits per heavy atom. The molecule has 2 amide bonds. The van der Waals surface area contributed by atoms with Gasteiger partial charge < -0.3 is 24.8 Å². The first-order valence-electron chi connectivity index (χ1n) is 17.6. The second-order valence-corrected chi connectivity index (χ2v) is 13.9. The number of Topliss-reactive ketones (excluding diaryl/α,β-unsaturated/α-hetero) is 1. The molecule has 8 heteroatoms. The van der Waals surface area contributed by atoms with E-state index in [1.54, 1.807) is 7.11 Å². The molecule has 1 heterocycles. The number of ether oxygens (including phenoxy) is 3. The van der Waals surface area contributed by atoms with Gasteiger partial charge in [-0.2, -0.15) is 0 Å². The molecule has 2 N–H and O–H groups in total. The molecule has 1 fully saturated rings. The average Bonchev–Trinajstić information content (AvgIpc) is 3.13. The summed E-state index contributed by atoms with van der Waals surface area (Å²) in [6.07, 6.45) is 6.37. The minimum absolute atomic E-state index is 0.0185. The number of anilines is 1. The summed E-state index contributed by atoms with van der Waals surface area (Å²) in [5, 5.41) is 6.14. The van der Waals surface area contributed by atoms with Crippen molar-refractivity contribution in [3.8, 4) is 11.5 Å². The predicted molar refractivity (Wildman–Crippen MR) is 190 cm³/mol. The van der Waals surface area contributed by atoms with Gasteiger partial charge in [-0.1, -0.05) is 75.6 Å². The molecule has 1 saturated carbocycles. The van der Waals surface area contributed by atoms with E-state index in [9.17, 15) is 9.59 Å². The number of likely N-dealkylation sites (N-methyl/N-ethyl adjacent to an activating group) is 1. The number of methoxy groups -OCH3 is 1. The number of hydrogen-bond donors (Lipinski definition) is 2. The molecule has 0 spiro atoms. The summed E-state index contributed by atoms with van der Waals surface area (Å²) in [6.45, 7) is 6.78.